The second kappa shape index (κ2) is 12.0. The quantitative estimate of drug-likeness (QED) is 0.266. The van der Waals surface area contributed by atoms with E-state index in [2.05, 4.69) is 53.3 Å². The largest absolute Gasteiger partial charge is 0.492 e. The molecule has 1 aromatic heterocycles. The lowest BCUT2D eigenvalue weighted by Crippen LogP contribution is -2.51. The normalized spacial score (nSPS) is 22.5. The number of para-hydroxylation sites is 1. The number of hydrogen-bond acceptors (Lipinski definition) is 5. The number of carbonyl (C=O) groups is 1. The molecule has 2 bridgehead atoms. The minimum absolute atomic E-state index is 0.0730. The fraction of sp³-hybridized carbons (Fsp3) is 0.515. The molecular weight excluding hydrogens is 486 g/mol. The van der Waals surface area contributed by atoms with Gasteiger partial charge in [-0.25, -0.2) is 4.98 Å². The minimum atomic E-state index is -0.411. The number of imidazole rings is 1. The van der Waals surface area contributed by atoms with Crippen LogP contribution < -0.4 is 4.74 Å². The lowest BCUT2D eigenvalue weighted by molar-refractivity contribution is -0.176. The van der Waals surface area contributed by atoms with Crippen molar-refractivity contribution >= 4 is 22.6 Å². The Morgan fingerprint density at radius 2 is 1.95 bits per heavy atom. The molecule has 3 atom stereocenters. The van der Waals surface area contributed by atoms with Crippen molar-refractivity contribution in [2.75, 3.05) is 26.7 Å². The molecule has 1 N–H and O–H groups in total. The van der Waals surface area contributed by atoms with Gasteiger partial charge in [0.25, 0.3) is 0 Å². The zero-order valence-corrected chi connectivity index (χ0v) is 23.9. The van der Waals surface area contributed by atoms with E-state index in [4.69, 9.17) is 14.5 Å². The number of nitrogens with zero attached hydrogens (tertiary/aromatic N) is 2. The van der Waals surface area contributed by atoms with Gasteiger partial charge < -0.3 is 19.4 Å². The van der Waals surface area contributed by atoms with Crippen molar-refractivity contribution in [2.24, 2.45) is 17.8 Å². The first-order valence-corrected chi connectivity index (χ1v) is 14.7. The van der Waals surface area contributed by atoms with E-state index in [-0.39, 0.29) is 17.8 Å². The Morgan fingerprint density at radius 3 is 2.67 bits per heavy atom. The standard InChI is InChI=1S/C33H43N3O3/c1-5-38-29-14-9-13-28-31(29)35-30(34-28)15-10-19-36(4)20-18-33(39-32(37)23(2)3)22-25-16-17-26(33)21-27(25)24-11-7-6-8-12-24/h6-9,11-14,21,23,25-26H,5,10,15-20,22H2,1-4H3,(H,34,35). The van der Waals surface area contributed by atoms with E-state index in [1.807, 2.05) is 39.0 Å². The molecule has 3 aromatic rings. The van der Waals surface area contributed by atoms with E-state index in [9.17, 15) is 4.79 Å². The number of ether oxygens (including phenoxy) is 2. The summed E-state index contributed by atoms with van der Waals surface area (Å²) in [5.41, 5.74) is 4.27. The summed E-state index contributed by atoms with van der Waals surface area (Å²) in [6.07, 6.45) is 8.36. The molecule has 39 heavy (non-hydrogen) atoms. The summed E-state index contributed by atoms with van der Waals surface area (Å²) in [4.78, 5) is 23.5. The van der Waals surface area contributed by atoms with Gasteiger partial charge in [-0.2, -0.15) is 0 Å². The molecule has 0 aliphatic heterocycles. The number of fused-ring (bicyclic) bond motifs is 3. The van der Waals surface area contributed by atoms with Crippen LogP contribution in [0.3, 0.4) is 0 Å². The van der Waals surface area contributed by atoms with E-state index in [0.717, 1.165) is 67.8 Å². The Bertz CT molecular complexity index is 1300. The predicted octanol–water partition coefficient (Wildman–Crippen LogP) is 6.67. The summed E-state index contributed by atoms with van der Waals surface area (Å²) in [5.74, 6) is 2.35. The average Bonchev–Trinajstić information content (AvgIpc) is 3.37. The first kappa shape index (κ1) is 27.4. The van der Waals surface area contributed by atoms with Crippen molar-refractivity contribution in [1.29, 1.82) is 0 Å². The molecule has 1 saturated carbocycles. The lowest BCUT2D eigenvalue weighted by Gasteiger charge is -2.50. The van der Waals surface area contributed by atoms with Crippen LogP contribution in [0.4, 0.5) is 0 Å². The van der Waals surface area contributed by atoms with Crippen molar-refractivity contribution in [2.45, 2.75) is 64.9 Å². The number of esters is 1. The van der Waals surface area contributed by atoms with E-state index < -0.39 is 5.60 Å². The monoisotopic (exact) mass is 529 g/mol. The number of carbonyl (C=O) groups excluding carboxylic acids is 1. The lowest BCUT2D eigenvalue weighted by atomic mass is 9.60. The topological polar surface area (TPSA) is 67.4 Å². The molecule has 1 fully saturated rings. The van der Waals surface area contributed by atoms with Crippen molar-refractivity contribution < 1.29 is 14.3 Å². The number of aromatic nitrogens is 2. The summed E-state index contributed by atoms with van der Waals surface area (Å²) < 4.78 is 12.1. The first-order valence-electron chi connectivity index (χ1n) is 14.7. The van der Waals surface area contributed by atoms with Gasteiger partial charge in [-0.05, 0) is 75.4 Å². The van der Waals surface area contributed by atoms with E-state index in [1.165, 1.54) is 17.6 Å². The second-order valence-corrected chi connectivity index (χ2v) is 11.6. The average molecular weight is 530 g/mol. The number of hydrogen-bond donors (Lipinski definition) is 1. The number of rotatable bonds is 12. The molecule has 0 amide bonds. The van der Waals surface area contributed by atoms with Gasteiger partial charge in [0.1, 0.15) is 22.7 Å². The molecule has 6 nitrogen and oxygen atoms in total. The molecule has 208 valence electrons. The van der Waals surface area contributed by atoms with Crippen LogP contribution in [0.5, 0.6) is 5.75 Å². The molecule has 3 unspecified atom stereocenters. The highest BCUT2D eigenvalue weighted by molar-refractivity contribution is 5.81. The molecule has 6 heteroatoms. The van der Waals surface area contributed by atoms with Crippen LogP contribution in [-0.2, 0) is 16.0 Å². The highest BCUT2D eigenvalue weighted by Crippen LogP contribution is 2.53. The van der Waals surface area contributed by atoms with Crippen LogP contribution >= 0.6 is 0 Å². The molecule has 0 spiro atoms. The number of H-pyrrole nitrogens is 1. The Morgan fingerprint density at radius 1 is 1.13 bits per heavy atom. The van der Waals surface area contributed by atoms with Crippen molar-refractivity contribution in [3.05, 3.63) is 66.0 Å². The van der Waals surface area contributed by atoms with Crippen LogP contribution in [0.1, 0.15) is 64.3 Å². The Balaban J connectivity index is 1.22. The number of aryl methyl sites for hydroxylation is 1. The molecule has 3 aliphatic carbocycles. The number of allylic oxidation sites excluding steroid dienone is 1. The van der Waals surface area contributed by atoms with Gasteiger partial charge in [0.15, 0.2) is 0 Å². The van der Waals surface area contributed by atoms with Crippen LogP contribution in [-0.4, -0.2) is 53.2 Å². The maximum atomic E-state index is 12.9. The van der Waals surface area contributed by atoms with Gasteiger partial charge in [0.2, 0.25) is 0 Å². The van der Waals surface area contributed by atoms with Gasteiger partial charge in [0, 0.05) is 25.3 Å². The highest BCUT2D eigenvalue weighted by Gasteiger charge is 2.50. The van der Waals surface area contributed by atoms with Gasteiger partial charge in [-0.3, -0.25) is 4.79 Å². The maximum absolute atomic E-state index is 12.9. The fourth-order valence-electron chi connectivity index (χ4n) is 6.36. The summed E-state index contributed by atoms with van der Waals surface area (Å²) in [5, 5.41) is 0. The smallest absolute Gasteiger partial charge is 0.308 e. The summed E-state index contributed by atoms with van der Waals surface area (Å²) >= 11 is 0. The Kier molecular flexibility index (Phi) is 8.41. The number of benzene rings is 2. The third-order valence-corrected chi connectivity index (χ3v) is 8.49. The van der Waals surface area contributed by atoms with Crippen LogP contribution in [0.2, 0.25) is 0 Å². The van der Waals surface area contributed by atoms with Crippen molar-refractivity contribution in [3.8, 4) is 5.75 Å². The Labute approximate surface area is 232 Å². The highest BCUT2D eigenvalue weighted by atomic mass is 16.6. The zero-order valence-electron chi connectivity index (χ0n) is 23.9. The van der Waals surface area contributed by atoms with E-state index in [0.29, 0.717) is 12.5 Å². The summed E-state index contributed by atoms with van der Waals surface area (Å²) in [7, 11) is 2.18. The van der Waals surface area contributed by atoms with E-state index >= 15 is 0 Å². The molecule has 0 radical (unpaired) electrons. The number of aromatic amines is 1. The fourth-order valence-corrected chi connectivity index (χ4v) is 6.36. The zero-order chi connectivity index (χ0) is 27.4. The molecular formula is C33H43N3O3. The predicted molar refractivity (Wildman–Crippen MR) is 157 cm³/mol. The Hall–Kier alpha value is -3.12. The van der Waals surface area contributed by atoms with Crippen molar-refractivity contribution in [3.63, 3.8) is 0 Å². The first-order chi connectivity index (χ1) is 18.9. The van der Waals surface area contributed by atoms with Crippen LogP contribution in [0, 0.1) is 17.8 Å². The van der Waals surface area contributed by atoms with Gasteiger partial charge in [-0.1, -0.05) is 56.3 Å². The van der Waals surface area contributed by atoms with Crippen LogP contribution in [0.15, 0.2) is 54.6 Å². The molecule has 1 heterocycles. The molecule has 6 rings (SSSR count). The summed E-state index contributed by atoms with van der Waals surface area (Å²) in [6, 6.07) is 16.7. The van der Waals surface area contributed by atoms with Gasteiger partial charge >= 0.3 is 5.97 Å². The number of nitrogens with one attached hydrogen (secondary N) is 1. The van der Waals surface area contributed by atoms with E-state index in [1.54, 1.807) is 0 Å². The minimum Gasteiger partial charge on any atom is -0.492 e. The van der Waals surface area contributed by atoms with Crippen LogP contribution in [0.25, 0.3) is 16.6 Å². The third kappa shape index (κ3) is 6.06. The molecule has 0 saturated heterocycles. The summed E-state index contributed by atoms with van der Waals surface area (Å²) in [6.45, 7) is 8.35. The van der Waals surface area contributed by atoms with Gasteiger partial charge in [0.05, 0.1) is 18.0 Å². The third-order valence-electron chi connectivity index (χ3n) is 8.49. The van der Waals surface area contributed by atoms with Gasteiger partial charge in [-0.15, -0.1) is 0 Å². The second-order valence-electron chi connectivity index (χ2n) is 11.6. The maximum Gasteiger partial charge on any atom is 0.308 e. The molecule has 3 aliphatic rings. The van der Waals surface area contributed by atoms with Crippen molar-refractivity contribution in [1.82, 2.24) is 14.9 Å². The SMILES string of the molecule is CCOc1cccc2[nH]c(CCCN(C)CCC3(OC(=O)C(C)C)CC4CCC3C=C4c3ccccc3)nc12. The molecule has 2 aromatic carbocycles.